The molecule has 1 amide bonds. The van der Waals surface area contributed by atoms with E-state index >= 15 is 0 Å². The molecule has 0 aliphatic carbocycles. The van der Waals surface area contributed by atoms with Gasteiger partial charge in [-0.25, -0.2) is 13.4 Å². The summed E-state index contributed by atoms with van der Waals surface area (Å²) < 4.78 is 29.4. The first-order valence-corrected chi connectivity index (χ1v) is 11.5. The summed E-state index contributed by atoms with van der Waals surface area (Å²) in [6, 6.07) is 7.44. The fourth-order valence-corrected chi connectivity index (χ4v) is 5.89. The van der Waals surface area contributed by atoms with Crippen molar-refractivity contribution in [3.8, 4) is 0 Å². The zero-order chi connectivity index (χ0) is 19.4. The van der Waals surface area contributed by atoms with Crippen LogP contribution in [0.15, 0.2) is 24.3 Å². The van der Waals surface area contributed by atoms with Crippen LogP contribution in [0, 0.1) is 0 Å². The van der Waals surface area contributed by atoms with Crippen molar-refractivity contribution in [2.75, 3.05) is 24.7 Å². The summed E-state index contributed by atoms with van der Waals surface area (Å²) in [6.45, 7) is 1.82. The maximum atomic E-state index is 12.3. The molecule has 2 heterocycles. The number of likely N-dealkylation sites (N-methyl/N-ethyl adjacent to an activating group) is 1. The summed E-state index contributed by atoms with van der Waals surface area (Å²) >= 11 is 1.54. The summed E-state index contributed by atoms with van der Waals surface area (Å²) in [4.78, 5) is 30.2. The largest absolute Gasteiger partial charge is 0.456 e. The fraction of sp³-hybridized carbons (Fsp3) is 0.500. The lowest BCUT2D eigenvalue weighted by Gasteiger charge is -2.26. The van der Waals surface area contributed by atoms with E-state index in [-0.39, 0.29) is 36.5 Å². The van der Waals surface area contributed by atoms with E-state index in [4.69, 9.17) is 4.74 Å². The Hall–Kier alpha value is -2.00. The molecule has 7 nitrogen and oxygen atoms in total. The average molecular weight is 411 g/mol. The Balaban J connectivity index is 1.47. The molecule has 0 N–H and O–H groups in total. The number of fused-ring (bicyclic) bond motifs is 1. The highest BCUT2D eigenvalue weighted by Gasteiger charge is 2.34. The van der Waals surface area contributed by atoms with E-state index < -0.39 is 15.8 Å². The predicted molar refractivity (Wildman–Crippen MR) is 103 cm³/mol. The van der Waals surface area contributed by atoms with Crippen molar-refractivity contribution >= 4 is 43.3 Å². The maximum absolute atomic E-state index is 12.3. The van der Waals surface area contributed by atoms with Gasteiger partial charge in [-0.15, -0.1) is 11.3 Å². The molecule has 1 fully saturated rings. The van der Waals surface area contributed by atoms with Gasteiger partial charge >= 0.3 is 5.97 Å². The molecule has 9 heteroatoms. The fourth-order valence-electron chi connectivity index (χ4n) is 3.19. The van der Waals surface area contributed by atoms with Crippen molar-refractivity contribution in [1.29, 1.82) is 0 Å². The third-order valence-electron chi connectivity index (χ3n) is 4.55. The summed E-state index contributed by atoms with van der Waals surface area (Å²) in [5.41, 5.74) is 0.908. The SMILES string of the molecule is CCN(C(=O)COC(=O)CCc1nc2ccccc2s1)[C@H]1CCS(=O)(=O)C1. The van der Waals surface area contributed by atoms with Crippen molar-refractivity contribution in [2.24, 2.45) is 0 Å². The van der Waals surface area contributed by atoms with Crippen LogP contribution in [0.1, 0.15) is 24.8 Å². The van der Waals surface area contributed by atoms with Crippen molar-refractivity contribution < 1.29 is 22.7 Å². The minimum absolute atomic E-state index is 0.0157. The Kier molecular flexibility index (Phi) is 6.11. The number of sulfone groups is 1. The first-order valence-electron chi connectivity index (χ1n) is 8.88. The molecule has 1 saturated heterocycles. The molecular weight excluding hydrogens is 388 g/mol. The molecule has 0 unspecified atom stereocenters. The summed E-state index contributed by atoms with van der Waals surface area (Å²) in [5.74, 6) is -0.729. The molecule has 1 aromatic carbocycles. The van der Waals surface area contributed by atoms with Crippen LogP contribution in [-0.2, 0) is 30.6 Å². The number of hydrogen-bond donors (Lipinski definition) is 0. The number of hydrogen-bond acceptors (Lipinski definition) is 7. The van der Waals surface area contributed by atoms with Gasteiger partial charge in [0, 0.05) is 19.0 Å². The van der Waals surface area contributed by atoms with Crippen LogP contribution in [0.2, 0.25) is 0 Å². The topological polar surface area (TPSA) is 93.6 Å². The van der Waals surface area contributed by atoms with E-state index in [1.54, 1.807) is 6.92 Å². The van der Waals surface area contributed by atoms with Gasteiger partial charge in [-0.1, -0.05) is 12.1 Å². The Morgan fingerprint density at radius 3 is 2.78 bits per heavy atom. The lowest BCUT2D eigenvalue weighted by molar-refractivity contribution is -0.152. The molecule has 0 saturated carbocycles. The number of aryl methyl sites for hydroxylation is 1. The van der Waals surface area contributed by atoms with E-state index in [1.807, 2.05) is 24.3 Å². The second kappa shape index (κ2) is 8.35. The third-order valence-corrected chi connectivity index (χ3v) is 7.39. The van der Waals surface area contributed by atoms with Gasteiger partial charge in [0.25, 0.3) is 5.91 Å². The normalized spacial score (nSPS) is 18.5. The van der Waals surface area contributed by atoms with E-state index in [0.717, 1.165) is 15.2 Å². The molecule has 1 aliphatic rings. The lowest BCUT2D eigenvalue weighted by atomic mass is 10.2. The molecule has 3 rings (SSSR count). The van der Waals surface area contributed by atoms with Gasteiger partial charge in [0.05, 0.1) is 33.2 Å². The highest BCUT2D eigenvalue weighted by atomic mass is 32.2. The molecular formula is C18H22N2O5S2. The van der Waals surface area contributed by atoms with E-state index in [1.165, 1.54) is 16.2 Å². The average Bonchev–Trinajstić information content (AvgIpc) is 3.21. The van der Waals surface area contributed by atoms with Crippen molar-refractivity contribution in [2.45, 2.75) is 32.2 Å². The van der Waals surface area contributed by atoms with Gasteiger partial charge in [-0.05, 0) is 25.5 Å². The van der Waals surface area contributed by atoms with E-state index in [9.17, 15) is 18.0 Å². The molecule has 0 bridgehead atoms. The number of rotatable bonds is 7. The van der Waals surface area contributed by atoms with E-state index in [2.05, 4.69) is 4.98 Å². The molecule has 1 aliphatic heterocycles. The first kappa shape index (κ1) is 19.8. The number of esters is 1. The van der Waals surface area contributed by atoms with Crippen molar-refractivity contribution in [1.82, 2.24) is 9.88 Å². The van der Waals surface area contributed by atoms with Crippen LogP contribution in [0.4, 0.5) is 0 Å². The van der Waals surface area contributed by atoms with Crippen molar-refractivity contribution in [3.63, 3.8) is 0 Å². The van der Waals surface area contributed by atoms with Gasteiger partial charge in [-0.2, -0.15) is 0 Å². The van der Waals surface area contributed by atoms with Gasteiger partial charge in [0.15, 0.2) is 16.4 Å². The molecule has 1 atom stereocenters. The van der Waals surface area contributed by atoms with Crippen LogP contribution in [0.25, 0.3) is 10.2 Å². The van der Waals surface area contributed by atoms with Gasteiger partial charge in [0.2, 0.25) is 0 Å². The molecule has 27 heavy (non-hydrogen) atoms. The Labute approximate surface area is 162 Å². The maximum Gasteiger partial charge on any atom is 0.306 e. The van der Waals surface area contributed by atoms with Gasteiger partial charge < -0.3 is 9.64 Å². The number of ether oxygens (including phenoxy) is 1. The van der Waals surface area contributed by atoms with Crippen LogP contribution in [0.3, 0.4) is 0 Å². The highest BCUT2D eigenvalue weighted by molar-refractivity contribution is 7.91. The monoisotopic (exact) mass is 410 g/mol. The quantitative estimate of drug-likeness (QED) is 0.646. The predicted octanol–water partition coefficient (Wildman–Crippen LogP) is 1.81. The second-order valence-corrected chi connectivity index (χ2v) is 9.82. The third kappa shape index (κ3) is 5.04. The smallest absolute Gasteiger partial charge is 0.306 e. The molecule has 0 spiro atoms. The Bertz CT molecular complexity index is 905. The zero-order valence-electron chi connectivity index (χ0n) is 15.1. The number of thiazole rings is 1. The summed E-state index contributed by atoms with van der Waals surface area (Å²) in [6.07, 6.45) is 1.05. The molecule has 1 aromatic heterocycles. The summed E-state index contributed by atoms with van der Waals surface area (Å²) in [5, 5.41) is 0.853. The second-order valence-electron chi connectivity index (χ2n) is 6.47. The lowest BCUT2D eigenvalue weighted by Crippen LogP contribution is -2.43. The molecule has 0 radical (unpaired) electrons. The number of carbonyl (C=O) groups is 2. The van der Waals surface area contributed by atoms with Crippen LogP contribution in [0.5, 0.6) is 0 Å². The van der Waals surface area contributed by atoms with Gasteiger partial charge in [0.1, 0.15) is 0 Å². The van der Waals surface area contributed by atoms with Crippen molar-refractivity contribution in [3.05, 3.63) is 29.3 Å². The number of amides is 1. The number of carbonyl (C=O) groups excluding carboxylic acids is 2. The number of aromatic nitrogens is 1. The highest BCUT2D eigenvalue weighted by Crippen LogP contribution is 2.22. The Morgan fingerprint density at radius 1 is 1.33 bits per heavy atom. The Morgan fingerprint density at radius 2 is 2.11 bits per heavy atom. The molecule has 2 aromatic rings. The minimum atomic E-state index is -3.07. The number of nitrogens with zero attached hydrogens (tertiary/aromatic N) is 2. The number of benzene rings is 1. The minimum Gasteiger partial charge on any atom is -0.456 e. The van der Waals surface area contributed by atoms with Crippen LogP contribution < -0.4 is 0 Å². The first-order chi connectivity index (χ1) is 12.9. The van der Waals surface area contributed by atoms with E-state index in [0.29, 0.717) is 19.4 Å². The zero-order valence-corrected chi connectivity index (χ0v) is 16.7. The standard InChI is InChI=1S/C18H22N2O5S2/c1-2-20(13-9-10-27(23,24)12-13)17(21)11-25-18(22)8-7-16-19-14-5-3-4-6-15(14)26-16/h3-6,13H,2,7-12H2,1H3/t13-/m0/s1. The van der Waals surface area contributed by atoms with Crippen LogP contribution in [-0.4, -0.2) is 60.9 Å². The van der Waals surface area contributed by atoms with Crippen LogP contribution >= 0.6 is 11.3 Å². The summed E-state index contributed by atoms with van der Waals surface area (Å²) in [7, 11) is -3.07. The molecule has 146 valence electrons. The number of para-hydroxylation sites is 1. The van der Waals surface area contributed by atoms with Gasteiger partial charge in [-0.3, -0.25) is 9.59 Å².